The van der Waals surface area contributed by atoms with E-state index >= 15 is 0 Å². The Kier molecular flexibility index (Phi) is 17.6. The molecule has 0 amide bonds. The minimum atomic E-state index is -3.59. The minimum Gasteiger partial charge on any atom is -0.198 e. The molecule has 5 heteroatoms. The third kappa shape index (κ3) is 16.0. The summed E-state index contributed by atoms with van der Waals surface area (Å²) in [4.78, 5) is 0. The van der Waals surface area contributed by atoms with Crippen LogP contribution < -0.4 is 5.90 Å². The lowest BCUT2D eigenvalue weighted by atomic mass is 10.0. The van der Waals surface area contributed by atoms with Crippen LogP contribution in [-0.2, 0) is 20.2 Å². The topological polar surface area (TPSA) is 69.4 Å². The molecule has 0 unspecified atom stereocenters. The van der Waals surface area contributed by atoms with Crippen LogP contribution in [0.3, 0.4) is 0 Å². The van der Waals surface area contributed by atoms with Crippen molar-refractivity contribution in [2.24, 2.45) is 5.90 Å². The van der Waals surface area contributed by atoms with E-state index in [4.69, 9.17) is 0 Å². The zero-order valence-electron chi connectivity index (χ0n) is 17.4. The Morgan fingerprint density at radius 2 is 1.30 bits per heavy atom. The highest BCUT2D eigenvalue weighted by Gasteiger charge is 2.09. The van der Waals surface area contributed by atoms with Crippen molar-refractivity contribution in [3.63, 3.8) is 0 Å². The summed E-state index contributed by atoms with van der Waals surface area (Å²) in [6.45, 7) is 12.4. The Balaban J connectivity index is 0. The Morgan fingerprint density at radius 1 is 0.889 bits per heavy atom. The number of benzene rings is 2. The van der Waals surface area contributed by atoms with Gasteiger partial charge in [-0.3, -0.25) is 0 Å². The second kappa shape index (κ2) is 17.5. The molecule has 2 aromatic rings. The highest BCUT2D eigenvalue weighted by atomic mass is 32.2. The molecule has 2 aromatic carbocycles. The molecule has 0 aromatic heterocycles. The van der Waals surface area contributed by atoms with Crippen molar-refractivity contribution < 1.29 is 12.7 Å². The average molecular weight is 394 g/mol. The van der Waals surface area contributed by atoms with Crippen molar-refractivity contribution in [1.29, 1.82) is 0 Å². The first-order valence-electron chi connectivity index (χ1n) is 9.13. The Labute approximate surface area is 166 Å². The van der Waals surface area contributed by atoms with Gasteiger partial charge in [-0.2, -0.15) is 18.6 Å². The molecule has 0 spiro atoms. The van der Waals surface area contributed by atoms with Crippen molar-refractivity contribution in [3.05, 3.63) is 83.9 Å². The van der Waals surface area contributed by atoms with E-state index in [0.717, 1.165) is 0 Å². The summed E-state index contributed by atoms with van der Waals surface area (Å²) in [6, 6.07) is 19.2. The van der Waals surface area contributed by atoms with Crippen LogP contribution in [0.1, 0.15) is 58.6 Å². The highest BCUT2D eigenvalue weighted by Crippen LogP contribution is 2.11. The summed E-state index contributed by atoms with van der Waals surface area (Å²) in [7, 11) is -3.59. The van der Waals surface area contributed by atoms with Gasteiger partial charge in [-0.25, -0.2) is 0 Å². The van der Waals surface area contributed by atoms with E-state index in [1.165, 1.54) is 5.56 Å². The second-order valence-electron chi connectivity index (χ2n) is 5.52. The fourth-order valence-corrected chi connectivity index (χ4v) is 2.32. The predicted octanol–water partition coefficient (Wildman–Crippen LogP) is 5.83. The van der Waals surface area contributed by atoms with Gasteiger partial charge in [-0.1, -0.05) is 101 Å². The molecule has 0 aliphatic heterocycles. The largest absolute Gasteiger partial charge is 0.287 e. The van der Waals surface area contributed by atoms with Gasteiger partial charge in [0.2, 0.25) is 0 Å². The lowest BCUT2D eigenvalue weighted by Crippen LogP contribution is -2.12. The number of allylic oxidation sites excluding steroid dienone is 2. The summed E-state index contributed by atoms with van der Waals surface area (Å²) in [5, 5.41) is 0. The van der Waals surface area contributed by atoms with E-state index < -0.39 is 10.1 Å². The molecule has 4 nitrogen and oxygen atoms in total. The number of nitrogens with two attached hydrogens (primary N) is 1. The third-order valence-electron chi connectivity index (χ3n) is 3.13. The molecule has 27 heavy (non-hydrogen) atoms. The van der Waals surface area contributed by atoms with E-state index in [2.05, 4.69) is 48.3 Å². The van der Waals surface area contributed by atoms with Gasteiger partial charge in [0.25, 0.3) is 10.1 Å². The summed E-state index contributed by atoms with van der Waals surface area (Å²) < 4.78 is 25.5. The van der Waals surface area contributed by atoms with Crippen LogP contribution in [0, 0.1) is 0 Å². The molecule has 0 bridgehead atoms. The molecule has 152 valence electrons. The first-order valence-corrected chi connectivity index (χ1v) is 10.7. The number of rotatable bonds is 4. The Bertz CT molecular complexity index is 678. The quantitative estimate of drug-likeness (QED) is 0.524. The fraction of sp³-hybridized carbons (Fsp3) is 0.364. The van der Waals surface area contributed by atoms with E-state index in [9.17, 15) is 8.42 Å². The zero-order valence-corrected chi connectivity index (χ0v) is 18.2. The molecule has 0 saturated heterocycles. The standard InChI is InChI=1S/C9H12.C7H9NO3S.C4H8.C2H6/c1-8(2)9-6-4-3-5-7-9;8-11-12(9,10)6-7-4-2-1-3-5-7;1-3-4-2;1-2/h3-8H,1-2H3;1-5H,6,8H2;3-4H,1-2H3;1-2H3. The van der Waals surface area contributed by atoms with Crippen molar-refractivity contribution in [1.82, 2.24) is 0 Å². The van der Waals surface area contributed by atoms with E-state index in [0.29, 0.717) is 11.5 Å². The van der Waals surface area contributed by atoms with Crippen LogP contribution in [0.15, 0.2) is 72.8 Å². The lowest BCUT2D eigenvalue weighted by molar-refractivity contribution is 0.332. The SMILES string of the molecule is CC.CC(C)c1ccccc1.CC=CC.NOS(=O)(=O)Cc1ccccc1. The van der Waals surface area contributed by atoms with E-state index in [1.54, 1.807) is 30.3 Å². The maximum atomic E-state index is 10.8. The molecule has 0 aliphatic rings. The van der Waals surface area contributed by atoms with Gasteiger partial charge in [0.15, 0.2) is 0 Å². The fourth-order valence-electron chi connectivity index (χ4n) is 1.65. The second-order valence-corrected chi connectivity index (χ2v) is 7.11. The highest BCUT2D eigenvalue weighted by molar-refractivity contribution is 7.85. The molecule has 2 rings (SSSR count). The monoisotopic (exact) mass is 393 g/mol. The molecule has 2 N–H and O–H groups in total. The van der Waals surface area contributed by atoms with Crippen molar-refractivity contribution in [2.45, 2.75) is 53.2 Å². The van der Waals surface area contributed by atoms with Crippen LogP contribution in [0.2, 0.25) is 0 Å². The maximum absolute atomic E-state index is 10.8. The van der Waals surface area contributed by atoms with Crippen LogP contribution >= 0.6 is 0 Å². The third-order valence-corrected chi connectivity index (χ3v) is 4.11. The average Bonchev–Trinajstić information content (AvgIpc) is 2.71. The molecule has 0 atom stereocenters. The van der Waals surface area contributed by atoms with E-state index in [-0.39, 0.29) is 5.75 Å². The molecular weight excluding hydrogens is 358 g/mol. The Hall–Kier alpha value is -1.95. The summed E-state index contributed by atoms with van der Waals surface area (Å²) in [6.07, 6.45) is 4.00. The molecule has 0 radical (unpaired) electrons. The van der Waals surface area contributed by atoms with Gasteiger partial charge in [-0.05, 0) is 30.9 Å². The van der Waals surface area contributed by atoms with Crippen molar-refractivity contribution in [3.8, 4) is 0 Å². The molecule has 0 heterocycles. The van der Waals surface area contributed by atoms with Crippen LogP contribution in [0.4, 0.5) is 0 Å². The molecule has 0 saturated carbocycles. The normalized spacial score (nSPS) is 10.1. The number of hydrogen-bond acceptors (Lipinski definition) is 4. The molecule has 0 fully saturated rings. The summed E-state index contributed by atoms with van der Waals surface area (Å²) in [5.74, 6) is 5.03. The maximum Gasteiger partial charge on any atom is 0.287 e. The molecule has 0 aliphatic carbocycles. The van der Waals surface area contributed by atoms with E-state index in [1.807, 2.05) is 45.9 Å². The Morgan fingerprint density at radius 3 is 1.59 bits per heavy atom. The van der Waals surface area contributed by atoms with Gasteiger partial charge >= 0.3 is 0 Å². The van der Waals surface area contributed by atoms with Crippen molar-refractivity contribution >= 4 is 10.1 Å². The summed E-state index contributed by atoms with van der Waals surface area (Å²) >= 11 is 0. The minimum absolute atomic E-state index is 0.190. The van der Waals surface area contributed by atoms with Gasteiger partial charge in [0.05, 0.1) is 0 Å². The predicted molar refractivity (Wildman–Crippen MR) is 117 cm³/mol. The van der Waals surface area contributed by atoms with Gasteiger partial charge < -0.3 is 0 Å². The smallest absolute Gasteiger partial charge is 0.198 e. The van der Waals surface area contributed by atoms with Gasteiger partial charge in [0.1, 0.15) is 5.75 Å². The van der Waals surface area contributed by atoms with Crippen LogP contribution in [0.5, 0.6) is 0 Å². The van der Waals surface area contributed by atoms with Gasteiger partial charge in [-0.15, -0.1) is 0 Å². The first-order chi connectivity index (χ1) is 12.9. The zero-order chi connectivity index (χ0) is 21.1. The van der Waals surface area contributed by atoms with Crippen molar-refractivity contribution in [2.75, 3.05) is 0 Å². The summed E-state index contributed by atoms with van der Waals surface area (Å²) in [5.41, 5.74) is 2.07. The lowest BCUT2D eigenvalue weighted by Gasteiger charge is -2.01. The first kappa shape index (κ1) is 27.3. The van der Waals surface area contributed by atoms with Crippen LogP contribution in [0.25, 0.3) is 0 Å². The van der Waals surface area contributed by atoms with Crippen LogP contribution in [-0.4, -0.2) is 8.42 Å². The molecular formula is C22H35NO3S. The number of hydrogen-bond donors (Lipinski definition) is 1. The van der Waals surface area contributed by atoms with Gasteiger partial charge in [0, 0.05) is 0 Å².